The first-order valence-electron chi connectivity index (χ1n) is 4.79. The van der Waals surface area contributed by atoms with Gasteiger partial charge < -0.3 is 0 Å². The van der Waals surface area contributed by atoms with E-state index in [4.69, 9.17) is 11.6 Å². The molecule has 2 aromatic rings. The predicted octanol–water partition coefficient (Wildman–Crippen LogP) is 4.21. The van der Waals surface area contributed by atoms with E-state index in [1.54, 1.807) is 6.07 Å². The van der Waals surface area contributed by atoms with Crippen molar-refractivity contribution < 1.29 is 4.39 Å². The van der Waals surface area contributed by atoms with Crippen LogP contribution in [0.3, 0.4) is 0 Å². The zero-order valence-electron chi connectivity index (χ0n) is 8.63. The summed E-state index contributed by atoms with van der Waals surface area (Å²) in [4.78, 5) is 10.2. The number of hydrogen-bond acceptors (Lipinski definition) is 2. The molecule has 0 saturated heterocycles. The van der Waals surface area contributed by atoms with Gasteiger partial charge in [-0.2, -0.15) is 4.91 Å². The highest BCUT2D eigenvalue weighted by Crippen LogP contribution is 2.26. The highest BCUT2D eigenvalue weighted by atomic mass is 35.5. The maximum atomic E-state index is 13.2. The SMILES string of the molecule is Cc1cc2cc(F)c(Cl)cc2cc1CN=O. The van der Waals surface area contributed by atoms with Crippen molar-refractivity contribution in [2.24, 2.45) is 5.18 Å². The number of aryl methyl sites for hydroxylation is 1. The summed E-state index contributed by atoms with van der Waals surface area (Å²) in [5, 5.41) is 4.53. The van der Waals surface area contributed by atoms with Crippen molar-refractivity contribution in [3.05, 3.63) is 51.1 Å². The largest absolute Gasteiger partial charge is 0.205 e. The van der Waals surface area contributed by atoms with Crippen molar-refractivity contribution in [2.45, 2.75) is 13.5 Å². The minimum Gasteiger partial charge on any atom is -0.205 e. The second-order valence-corrected chi connectivity index (χ2v) is 4.09. The van der Waals surface area contributed by atoms with Gasteiger partial charge in [-0.1, -0.05) is 22.8 Å². The third-order valence-electron chi connectivity index (χ3n) is 2.57. The highest BCUT2D eigenvalue weighted by Gasteiger charge is 2.06. The van der Waals surface area contributed by atoms with E-state index in [0.29, 0.717) is 0 Å². The van der Waals surface area contributed by atoms with Crippen molar-refractivity contribution in [3.8, 4) is 0 Å². The first kappa shape index (κ1) is 11.0. The van der Waals surface area contributed by atoms with Gasteiger partial charge in [0.25, 0.3) is 0 Å². The van der Waals surface area contributed by atoms with Crippen molar-refractivity contribution >= 4 is 22.4 Å². The fourth-order valence-corrected chi connectivity index (χ4v) is 1.87. The summed E-state index contributed by atoms with van der Waals surface area (Å²) < 4.78 is 13.2. The Morgan fingerprint density at radius 1 is 1.25 bits per heavy atom. The summed E-state index contributed by atoms with van der Waals surface area (Å²) in [5.41, 5.74) is 1.76. The van der Waals surface area contributed by atoms with Crippen LogP contribution in [0.15, 0.2) is 29.4 Å². The van der Waals surface area contributed by atoms with E-state index in [1.165, 1.54) is 6.07 Å². The molecular weight excluding hydrogens is 229 g/mol. The predicted molar refractivity (Wildman–Crippen MR) is 63.2 cm³/mol. The molecule has 16 heavy (non-hydrogen) atoms. The van der Waals surface area contributed by atoms with Crippen LogP contribution >= 0.6 is 11.6 Å². The Hall–Kier alpha value is -1.48. The Bertz CT molecular complexity index is 568. The van der Waals surface area contributed by atoms with Gasteiger partial charge in [-0.15, -0.1) is 0 Å². The van der Waals surface area contributed by atoms with E-state index < -0.39 is 5.82 Å². The van der Waals surface area contributed by atoms with Gasteiger partial charge in [0.2, 0.25) is 0 Å². The first-order chi connectivity index (χ1) is 7.61. The standard InChI is InChI=1S/C12H9ClFNO/c1-7-2-8-5-12(14)11(13)4-9(8)3-10(7)6-15-16/h2-5H,6H2,1H3. The lowest BCUT2D eigenvalue weighted by Crippen LogP contribution is -1.88. The summed E-state index contributed by atoms with van der Waals surface area (Å²) >= 11 is 5.70. The molecule has 0 bridgehead atoms. The minimum atomic E-state index is -0.435. The zero-order valence-corrected chi connectivity index (χ0v) is 9.38. The maximum Gasteiger partial charge on any atom is 0.142 e. The second-order valence-electron chi connectivity index (χ2n) is 3.68. The summed E-state index contributed by atoms with van der Waals surface area (Å²) in [5.74, 6) is -0.435. The monoisotopic (exact) mass is 237 g/mol. The van der Waals surface area contributed by atoms with E-state index in [0.717, 1.165) is 21.9 Å². The molecule has 0 amide bonds. The smallest absolute Gasteiger partial charge is 0.142 e. The van der Waals surface area contributed by atoms with Gasteiger partial charge in [0, 0.05) is 0 Å². The molecule has 0 radical (unpaired) electrons. The molecule has 0 aromatic heterocycles. The number of hydrogen-bond donors (Lipinski definition) is 0. The molecule has 2 nitrogen and oxygen atoms in total. The van der Waals surface area contributed by atoms with Gasteiger partial charge in [0.15, 0.2) is 0 Å². The first-order valence-corrected chi connectivity index (χ1v) is 5.17. The van der Waals surface area contributed by atoms with E-state index in [-0.39, 0.29) is 11.6 Å². The molecule has 0 unspecified atom stereocenters. The third-order valence-corrected chi connectivity index (χ3v) is 2.86. The molecule has 0 N–H and O–H groups in total. The normalized spacial score (nSPS) is 10.7. The molecular formula is C12H9ClFNO. The zero-order chi connectivity index (χ0) is 11.7. The van der Waals surface area contributed by atoms with E-state index in [1.807, 2.05) is 19.1 Å². The lowest BCUT2D eigenvalue weighted by atomic mass is 10.0. The fraction of sp³-hybridized carbons (Fsp3) is 0.167. The van der Waals surface area contributed by atoms with Crippen LogP contribution in [0.4, 0.5) is 4.39 Å². The van der Waals surface area contributed by atoms with Gasteiger partial charge in [0.1, 0.15) is 12.4 Å². The number of fused-ring (bicyclic) bond motifs is 1. The van der Waals surface area contributed by atoms with Crippen LogP contribution in [0, 0.1) is 17.6 Å². The molecule has 2 rings (SSSR count). The second kappa shape index (κ2) is 4.18. The third kappa shape index (κ3) is 1.91. The summed E-state index contributed by atoms with van der Waals surface area (Å²) in [6.07, 6.45) is 0. The summed E-state index contributed by atoms with van der Waals surface area (Å²) in [6.45, 7) is 1.99. The molecule has 0 spiro atoms. The lowest BCUT2D eigenvalue weighted by molar-refractivity contribution is 0.630. The van der Waals surface area contributed by atoms with Crippen LogP contribution in [0.25, 0.3) is 10.8 Å². The average Bonchev–Trinajstić information content (AvgIpc) is 2.23. The minimum absolute atomic E-state index is 0.0846. The molecule has 4 heteroatoms. The highest BCUT2D eigenvalue weighted by molar-refractivity contribution is 6.31. The molecule has 0 saturated carbocycles. The van der Waals surface area contributed by atoms with Crippen LogP contribution in [-0.4, -0.2) is 0 Å². The number of nitrogens with zero attached hydrogens (tertiary/aromatic N) is 1. The Labute approximate surface area is 97.0 Å². The van der Waals surface area contributed by atoms with Gasteiger partial charge in [-0.25, -0.2) is 4.39 Å². The van der Waals surface area contributed by atoms with Gasteiger partial charge >= 0.3 is 0 Å². The summed E-state index contributed by atoms with van der Waals surface area (Å²) in [7, 11) is 0. The number of nitroso groups, excluding NO2 is 1. The van der Waals surface area contributed by atoms with Crippen LogP contribution in [0.2, 0.25) is 5.02 Å². The number of rotatable bonds is 2. The van der Waals surface area contributed by atoms with E-state index in [9.17, 15) is 9.30 Å². The molecule has 0 aliphatic rings. The van der Waals surface area contributed by atoms with Crippen LogP contribution in [0.5, 0.6) is 0 Å². The molecule has 0 aliphatic heterocycles. The van der Waals surface area contributed by atoms with Gasteiger partial charge in [-0.3, -0.25) is 0 Å². The Kier molecular flexibility index (Phi) is 2.88. The topological polar surface area (TPSA) is 29.4 Å². The Morgan fingerprint density at radius 2 is 1.94 bits per heavy atom. The van der Waals surface area contributed by atoms with Crippen molar-refractivity contribution in [3.63, 3.8) is 0 Å². The fourth-order valence-electron chi connectivity index (χ4n) is 1.69. The Balaban J connectivity index is 2.69. The molecule has 2 aromatic carbocycles. The van der Waals surface area contributed by atoms with Crippen molar-refractivity contribution in [2.75, 3.05) is 0 Å². The Morgan fingerprint density at radius 3 is 2.62 bits per heavy atom. The summed E-state index contributed by atoms with van der Waals surface area (Å²) in [6, 6.07) is 6.59. The van der Waals surface area contributed by atoms with Gasteiger partial charge in [-0.05, 0) is 47.0 Å². The average molecular weight is 238 g/mol. The number of benzene rings is 2. The van der Waals surface area contributed by atoms with Crippen molar-refractivity contribution in [1.82, 2.24) is 0 Å². The van der Waals surface area contributed by atoms with Crippen LogP contribution < -0.4 is 0 Å². The van der Waals surface area contributed by atoms with Crippen LogP contribution in [-0.2, 0) is 6.54 Å². The van der Waals surface area contributed by atoms with Crippen molar-refractivity contribution in [1.29, 1.82) is 0 Å². The molecule has 0 fully saturated rings. The van der Waals surface area contributed by atoms with E-state index >= 15 is 0 Å². The maximum absolute atomic E-state index is 13.2. The molecule has 0 heterocycles. The van der Waals surface area contributed by atoms with Gasteiger partial charge in [0.05, 0.1) is 5.02 Å². The quantitative estimate of drug-likeness (QED) is 0.720. The molecule has 0 atom stereocenters. The molecule has 82 valence electrons. The van der Waals surface area contributed by atoms with Crippen LogP contribution in [0.1, 0.15) is 11.1 Å². The van der Waals surface area contributed by atoms with E-state index in [2.05, 4.69) is 5.18 Å². The lowest BCUT2D eigenvalue weighted by Gasteiger charge is -2.06. The number of halogens is 2. The molecule has 0 aliphatic carbocycles.